The molecule has 6 nitrogen and oxygen atoms in total. The van der Waals surface area contributed by atoms with Gasteiger partial charge in [-0.05, 0) is 25.1 Å². The van der Waals surface area contributed by atoms with Gasteiger partial charge in [-0.15, -0.1) is 0 Å². The van der Waals surface area contributed by atoms with Crippen LogP contribution in [0.1, 0.15) is 5.69 Å². The molecule has 1 aromatic carbocycles. The molecule has 10 heteroatoms. The van der Waals surface area contributed by atoms with E-state index >= 15 is 0 Å². The molecule has 0 bridgehead atoms. The lowest BCUT2D eigenvalue weighted by Crippen LogP contribution is -2.28. The molecule has 0 aliphatic rings. The normalized spacial score (nSPS) is 11.7. The highest BCUT2D eigenvalue weighted by atomic mass is 35.6. The Kier molecular flexibility index (Phi) is 4.61. The highest BCUT2D eigenvalue weighted by Gasteiger charge is 2.31. The minimum Gasteiger partial charge on any atom is -0.497 e. The molecule has 1 N–H and O–H groups in total. The molecule has 0 unspecified atom stereocenters. The van der Waals surface area contributed by atoms with Crippen molar-refractivity contribution in [1.29, 1.82) is 0 Å². The fourth-order valence-corrected chi connectivity index (χ4v) is 3.13. The van der Waals surface area contributed by atoms with E-state index < -0.39 is 9.70 Å². The zero-order valence-electron chi connectivity index (χ0n) is 12.5. The van der Waals surface area contributed by atoms with Crippen LogP contribution in [-0.2, 0) is 4.79 Å². The zero-order chi connectivity index (χ0) is 17.5. The summed E-state index contributed by atoms with van der Waals surface area (Å²) in [7, 11) is 1.60. The van der Waals surface area contributed by atoms with Crippen LogP contribution >= 0.6 is 46.1 Å². The topological polar surface area (TPSA) is 69.0 Å². The van der Waals surface area contributed by atoms with E-state index in [0.717, 1.165) is 16.0 Å². The number of hydrogen-bond acceptors (Lipinski definition) is 5. The summed E-state index contributed by atoms with van der Waals surface area (Å²) in [5.74, 6) is 0.338. The van der Waals surface area contributed by atoms with Gasteiger partial charge in [0.05, 0.1) is 23.0 Å². The molecule has 126 valence electrons. The van der Waals surface area contributed by atoms with Crippen molar-refractivity contribution in [2.75, 3.05) is 12.4 Å². The highest BCUT2D eigenvalue weighted by molar-refractivity contribution is 7.20. The molecule has 0 saturated heterocycles. The predicted octanol–water partition coefficient (Wildman–Crippen LogP) is 4.11. The summed E-state index contributed by atoms with van der Waals surface area (Å²) >= 11 is 18.2. The van der Waals surface area contributed by atoms with Gasteiger partial charge in [-0.1, -0.05) is 46.1 Å². The summed E-state index contributed by atoms with van der Waals surface area (Å²) in [6.07, 6.45) is 0. The van der Waals surface area contributed by atoms with Crippen molar-refractivity contribution in [2.45, 2.75) is 10.7 Å². The number of nitrogens with zero attached hydrogens (tertiary/aromatic N) is 3. The second kappa shape index (κ2) is 6.40. The van der Waals surface area contributed by atoms with Gasteiger partial charge in [0.1, 0.15) is 11.6 Å². The van der Waals surface area contributed by atoms with Crippen LogP contribution in [0.15, 0.2) is 24.3 Å². The number of amides is 1. The largest absolute Gasteiger partial charge is 0.497 e. The van der Waals surface area contributed by atoms with Crippen molar-refractivity contribution in [3.8, 4) is 10.9 Å². The van der Waals surface area contributed by atoms with Crippen LogP contribution in [-0.4, -0.2) is 31.6 Å². The van der Waals surface area contributed by atoms with Crippen LogP contribution in [0.4, 0.5) is 5.82 Å². The van der Waals surface area contributed by atoms with E-state index in [0.29, 0.717) is 16.6 Å². The third kappa shape index (κ3) is 3.44. The van der Waals surface area contributed by atoms with Crippen molar-refractivity contribution in [2.24, 2.45) is 0 Å². The first-order valence-electron chi connectivity index (χ1n) is 6.68. The SMILES string of the molecule is COc1ccc2nc(-n3nc(C)cc3NC(=O)C(Cl)(Cl)Cl)sc2c1. The minimum absolute atomic E-state index is 0.370. The molecule has 3 rings (SSSR count). The quantitative estimate of drug-likeness (QED) is 0.666. The van der Waals surface area contributed by atoms with Gasteiger partial charge in [0.2, 0.25) is 5.13 Å². The van der Waals surface area contributed by atoms with E-state index in [1.807, 2.05) is 18.2 Å². The summed E-state index contributed by atoms with van der Waals surface area (Å²) in [4.78, 5) is 16.4. The van der Waals surface area contributed by atoms with Gasteiger partial charge in [0.15, 0.2) is 0 Å². The first kappa shape index (κ1) is 17.3. The number of anilines is 1. The maximum Gasteiger partial charge on any atom is 0.277 e. The summed E-state index contributed by atoms with van der Waals surface area (Å²) in [6.45, 7) is 1.79. The lowest BCUT2D eigenvalue weighted by atomic mass is 10.3. The number of alkyl halides is 3. The van der Waals surface area contributed by atoms with Gasteiger partial charge in [-0.3, -0.25) is 4.79 Å². The van der Waals surface area contributed by atoms with Gasteiger partial charge >= 0.3 is 0 Å². The maximum absolute atomic E-state index is 11.9. The third-order valence-electron chi connectivity index (χ3n) is 3.10. The van der Waals surface area contributed by atoms with Gasteiger partial charge in [0, 0.05) is 6.07 Å². The molecule has 0 aliphatic heterocycles. The number of aryl methyl sites for hydroxylation is 1. The van der Waals surface area contributed by atoms with Gasteiger partial charge in [-0.25, -0.2) is 4.98 Å². The molecule has 0 saturated carbocycles. The van der Waals surface area contributed by atoms with E-state index in [-0.39, 0.29) is 0 Å². The summed E-state index contributed by atoms with van der Waals surface area (Å²) in [5, 5.41) is 7.46. The number of rotatable bonds is 3. The van der Waals surface area contributed by atoms with Crippen molar-refractivity contribution < 1.29 is 9.53 Å². The summed E-state index contributed by atoms with van der Waals surface area (Å²) in [6, 6.07) is 7.23. The van der Waals surface area contributed by atoms with Crippen molar-refractivity contribution in [3.05, 3.63) is 30.0 Å². The number of nitrogens with one attached hydrogen (secondary N) is 1. The lowest BCUT2D eigenvalue weighted by Gasteiger charge is -2.11. The minimum atomic E-state index is -2.07. The van der Waals surface area contributed by atoms with Gasteiger partial charge in [0.25, 0.3) is 9.70 Å². The number of hydrogen-bond donors (Lipinski definition) is 1. The summed E-state index contributed by atoms with van der Waals surface area (Å²) in [5.41, 5.74) is 1.48. The number of carbonyl (C=O) groups is 1. The fourth-order valence-electron chi connectivity index (χ4n) is 2.03. The Morgan fingerprint density at radius 2 is 2.08 bits per heavy atom. The Balaban J connectivity index is 2.02. The van der Waals surface area contributed by atoms with E-state index in [4.69, 9.17) is 39.5 Å². The molecule has 0 fully saturated rings. The number of benzene rings is 1. The van der Waals surface area contributed by atoms with Crippen LogP contribution in [0.5, 0.6) is 5.75 Å². The van der Waals surface area contributed by atoms with E-state index in [9.17, 15) is 4.79 Å². The van der Waals surface area contributed by atoms with Crippen LogP contribution in [0, 0.1) is 6.92 Å². The van der Waals surface area contributed by atoms with Crippen molar-refractivity contribution in [3.63, 3.8) is 0 Å². The number of carbonyl (C=O) groups excluding carboxylic acids is 1. The molecule has 0 atom stereocenters. The molecule has 24 heavy (non-hydrogen) atoms. The molecular weight excluding hydrogens is 395 g/mol. The maximum atomic E-state index is 11.9. The van der Waals surface area contributed by atoms with E-state index in [2.05, 4.69) is 15.4 Å². The van der Waals surface area contributed by atoms with Crippen LogP contribution < -0.4 is 10.1 Å². The molecule has 0 radical (unpaired) electrons. The Bertz CT molecular complexity index is 917. The predicted molar refractivity (Wildman–Crippen MR) is 97.0 cm³/mol. The molecule has 0 spiro atoms. The fraction of sp³-hybridized carbons (Fsp3) is 0.214. The Labute approximate surface area is 156 Å². The van der Waals surface area contributed by atoms with Gasteiger partial charge in [-0.2, -0.15) is 9.78 Å². The van der Waals surface area contributed by atoms with Gasteiger partial charge < -0.3 is 10.1 Å². The molecule has 3 aromatic rings. The molecule has 2 aromatic heterocycles. The molecule has 0 aliphatic carbocycles. The van der Waals surface area contributed by atoms with E-state index in [1.165, 1.54) is 16.0 Å². The zero-order valence-corrected chi connectivity index (χ0v) is 15.6. The number of ether oxygens (including phenoxy) is 1. The molecular formula is C14H11Cl3N4O2S. The average molecular weight is 406 g/mol. The number of thiazole rings is 1. The number of halogens is 3. The standard InChI is InChI=1S/C14H11Cl3N4O2S/c1-7-5-11(19-12(22)14(15,16)17)21(20-7)13-18-9-4-3-8(23-2)6-10(9)24-13/h3-6H,1-2H3,(H,19,22). The van der Waals surface area contributed by atoms with Crippen molar-refractivity contribution >= 4 is 68.1 Å². The Hall–Kier alpha value is -1.54. The second-order valence-corrected chi connectivity index (χ2v) is 8.16. The average Bonchev–Trinajstić information content (AvgIpc) is 3.08. The van der Waals surface area contributed by atoms with Crippen LogP contribution in [0.2, 0.25) is 0 Å². The van der Waals surface area contributed by atoms with Crippen LogP contribution in [0.25, 0.3) is 15.3 Å². The first-order valence-corrected chi connectivity index (χ1v) is 8.63. The number of aromatic nitrogens is 3. The van der Waals surface area contributed by atoms with E-state index in [1.54, 1.807) is 20.1 Å². The van der Waals surface area contributed by atoms with Crippen molar-refractivity contribution in [1.82, 2.24) is 14.8 Å². The lowest BCUT2D eigenvalue weighted by molar-refractivity contribution is -0.115. The number of methoxy groups -OCH3 is 1. The second-order valence-electron chi connectivity index (χ2n) is 4.86. The summed E-state index contributed by atoms with van der Waals surface area (Å²) < 4.78 is 5.57. The molecule has 2 heterocycles. The monoisotopic (exact) mass is 404 g/mol. The third-order valence-corrected chi connectivity index (χ3v) is 4.60. The highest BCUT2D eigenvalue weighted by Crippen LogP contribution is 2.31. The van der Waals surface area contributed by atoms with Crippen LogP contribution in [0.3, 0.4) is 0 Å². The Morgan fingerprint density at radius 3 is 2.75 bits per heavy atom. The first-order chi connectivity index (χ1) is 11.3. The smallest absolute Gasteiger partial charge is 0.277 e. The number of fused-ring (bicyclic) bond motifs is 1. The molecule has 1 amide bonds. The Morgan fingerprint density at radius 1 is 1.33 bits per heavy atom.